The summed E-state index contributed by atoms with van der Waals surface area (Å²) in [7, 11) is 0. The fraction of sp³-hybridized carbons (Fsp3) is 0.192. The molecular weight excluding hydrogens is 505 g/mol. The average Bonchev–Trinajstić information content (AvgIpc) is 3.39. The molecule has 1 aromatic carbocycles. The molecule has 0 atom stereocenters. The fourth-order valence-electron chi connectivity index (χ4n) is 4.06. The second kappa shape index (κ2) is 9.68. The van der Waals surface area contributed by atoms with Crippen molar-refractivity contribution in [3.63, 3.8) is 0 Å². The summed E-state index contributed by atoms with van der Waals surface area (Å²) in [6, 6.07) is 4.51. The molecule has 4 heterocycles. The van der Waals surface area contributed by atoms with Crippen LogP contribution in [0.1, 0.15) is 42.3 Å². The van der Waals surface area contributed by atoms with Gasteiger partial charge in [0.2, 0.25) is 0 Å². The van der Waals surface area contributed by atoms with Gasteiger partial charge in [-0.1, -0.05) is 20.8 Å². The van der Waals surface area contributed by atoms with E-state index in [1.165, 1.54) is 43.1 Å². The molecule has 0 aliphatic carbocycles. The van der Waals surface area contributed by atoms with Crippen molar-refractivity contribution in [2.45, 2.75) is 32.8 Å². The number of hydrogen-bond donors (Lipinski definition) is 4. The van der Waals surface area contributed by atoms with Gasteiger partial charge in [0.25, 0.3) is 11.5 Å². The molecule has 1 amide bonds. The lowest BCUT2D eigenvalue weighted by atomic mass is 9.86. The van der Waals surface area contributed by atoms with Crippen molar-refractivity contribution < 1.29 is 14.3 Å². The summed E-state index contributed by atoms with van der Waals surface area (Å²) in [6.45, 7) is 5.22. The number of H-pyrrole nitrogens is 1. The number of carbonyl (C=O) groups is 1. The van der Waals surface area contributed by atoms with Crippen LogP contribution in [0.4, 0.5) is 15.9 Å². The van der Waals surface area contributed by atoms with Crippen LogP contribution in [0.15, 0.2) is 54.0 Å². The maximum Gasteiger partial charge on any atom is 0.283 e. The Hall–Kier alpha value is -5.04. The molecule has 5 N–H and O–H groups in total. The molecule has 12 nitrogen and oxygen atoms in total. The molecule has 0 fully saturated rings. The van der Waals surface area contributed by atoms with E-state index in [1.807, 2.05) is 20.8 Å². The van der Waals surface area contributed by atoms with Crippen LogP contribution in [0.25, 0.3) is 28.0 Å². The number of aliphatic hydroxyl groups excluding tert-OH is 1. The highest BCUT2D eigenvalue weighted by atomic mass is 19.1. The zero-order valence-corrected chi connectivity index (χ0v) is 21.2. The number of nitrogens with two attached hydrogens (primary N) is 1. The minimum Gasteiger partial charge on any atom is -0.391 e. The maximum atomic E-state index is 15.1. The number of nitrogen functional groups attached to an aromatic ring is 1. The van der Waals surface area contributed by atoms with Gasteiger partial charge in [0, 0.05) is 17.1 Å². The average molecular weight is 530 g/mol. The van der Waals surface area contributed by atoms with Gasteiger partial charge in [-0.2, -0.15) is 14.9 Å². The third kappa shape index (κ3) is 4.70. The first-order chi connectivity index (χ1) is 18.6. The number of aromatic nitrogens is 7. The number of aromatic amines is 1. The van der Waals surface area contributed by atoms with Crippen LogP contribution in [-0.4, -0.2) is 45.9 Å². The monoisotopic (exact) mass is 529 g/mol. The summed E-state index contributed by atoms with van der Waals surface area (Å²) in [5, 5.41) is 23.9. The second-order valence-corrected chi connectivity index (χ2v) is 9.79. The number of halogens is 1. The third-order valence-corrected chi connectivity index (χ3v) is 6.16. The summed E-state index contributed by atoms with van der Waals surface area (Å²) < 4.78 is 16.0. The second-order valence-electron chi connectivity index (χ2n) is 9.79. The van der Waals surface area contributed by atoms with E-state index in [9.17, 15) is 14.7 Å². The van der Waals surface area contributed by atoms with E-state index in [4.69, 9.17) is 5.73 Å². The van der Waals surface area contributed by atoms with Crippen LogP contribution in [-0.2, 0) is 12.0 Å². The normalized spacial score (nSPS) is 11.6. The lowest BCUT2D eigenvalue weighted by Gasteiger charge is -2.20. The molecule has 0 aliphatic heterocycles. The Morgan fingerprint density at radius 1 is 1.15 bits per heavy atom. The number of pyridine rings is 1. The molecule has 4 aromatic heterocycles. The first-order valence-corrected chi connectivity index (χ1v) is 11.8. The van der Waals surface area contributed by atoms with Gasteiger partial charge in [-0.05, 0) is 29.2 Å². The highest BCUT2D eigenvalue weighted by Gasteiger charge is 2.22. The van der Waals surface area contributed by atoms with E-state index in [2.05, 4.69) is 35.6 Å². The molecule has 198 valence electrons. The standard InChI is InChI=1S/C26H24FN9O3/c1-26(2,3)14-6-13-8-33-36(25(39)21(13)17(27)7-14)23-16(12-37)18(4-5-29-23)34-24(38)15-9-32-35-22(15)19-10-31-20(28)11-30-19/h4-11,37H,12H2,1-3H3,(H2,28,31)(H,32,35)(H,29,34,38). The molecular formula is C26H24FN9O3. The SMILES string of the molecule is CC(C)(C)c1cc(F)c2c(=O)n(-c3nccc(NC(=O)c4cn[nH]c4-c4cnc(N)cn4)c3CO)ncc2c1. The smallest absolute Gasteiger partial charge is 0.283 e. The molecule has 0 radical (unpaired) electrons. The maximum absolute atomic E-state index is 15.1. The number of rotatable bonds is 5. The van der Waals surface area contributed by atoms with Crippen molar-refractivity contribution in [2.24, 2.45) is 0 Å². The summed E-state index contributed by atoms with van der Waals surface area (Å²) in [4.78, 5) is 38.8. The van der Waals surface area contributed by atoms with Crippen molar-refractivity contribution >= 4 is 28.2 Å². The predicted molar refractivity (Wildman–Crippen MR) is 142 cm³/mol. The number of hydrogen-bond acceptors (Lipinski definition) is 9. The number of benzene rings is 1. The molecule has 0 bridgehead atoms. The minimum atomic E-state index is -0.754. The Morgan fingerprint density at radius 3 is 2.64 bits per heavy atom. The molecule has 39 heavy (non-hydrogen) atoms. The molecule has 0 unspecified atom stereocenters. The van der Waals surface area contributed by atoms with E-state index in [0.717, 1.165) is 4.68 Å². The lowest BCUT2D eigenvalue weighted by molar-refractivity contribution is 0.102. The van der Waals surface area contributed by atoms with Crippen LogP contribution < -0.4 is 16.6 Å². The quantitative estimate of drug-likeness (QED) is 0.266. The Labute approximate surface area is 220 Å². The number of nitrogens with zero attached hydrogens (tertiary/aromatic N) is 6. The Bertz CT molecular complexity index is 1770. The van der Waals surface area contributed by atoms with Crippen molar-refractivity contribution in [3.05, 3.63) is 82.0 Å². The van der Waals surface area contributed by atoms with E-state index in [0.29, 0.717) is 22.3 Å². The highest BCUT2D eigenvalue weighted by Crippen LogP contribution is 2.28. The highest BCUT2D eigenvalue weighted by molar-refractivity contribution is 6.08. The minimum absolute atomic E-state index is 0.0571. The van der Waals surface area contributed by atoms with Crippen molar-refractivity contribution in [2.75, 3.05) is 11.1 Å². The Balaban J connectivity index is 1.54. The summed E-state index contributed by atoms with van der Waals surface area (Å²) in [5.74, 6) is -1.11. The van der Waals surface area contributed by atoms with Crippen LogP contribution in [0.2, 0.25) is 0 Å². The number of anilines is 2. The van der Waals surface area contributed by atoms with Gasteiger partial charge in [0.1, 0.15) is 17.3 Å². The first-order valence-electron chi connectivity index (χ1n) is 11.8. The fourth-order valence-corrected chi connectivity index (χ4v) is 4.06. The summed E-state index contributed by atoms with van der Waals surface area (Å²) in [6.07, 6.45) is 6.76. The van der Waals surface area contributed by atoms with Crippen LogP contribution in [0.3, 0.4) is 0 Å². The Morgan fingerprint density at radius 2 is 1.95 bits per heavy atom. The van der Waals surface area contributed by atoms with Gasteiger partial charge >= 0.3 is 0 Å². The van der Waals surface area contributed by atoms with Gasteiger partial charge in [-0.15, -0.1) is 0 Å². The van der Waals surface area contributed by atoms with Crippen molar-refractivity contribution in [3.8, 4) is 17.2 Å². The van der Waals surface area contributed by atoms with Crippen molar-refractivity contribution in [1.82, 2.24) is 34.9 Å². The molecule has 0 saturated carbocycles. The predicted octanol–water partition coefficient (Wildman–Crippen LogP) is 2.72. The topological polar surface area (TPSA) is 178 Å². The molecule has 5 rings (SSSR count). The van der Waals surface area contributed by atoms with E-state index < -0.39 is 23.9 Å². The lowest BCUT2D eigenvalue weighted by Crippen LogP contribution is -2.25. The van der Waals surface area contributed by atoms with Crippen molar-refractivity contribution in [1.29, 1.82) is 0 Å². The number of nitrogens with one attached hydrogen (secondary N) is 2. The van der Waals surface area contributed by atoms with E-state index in [1.54, 1.807) is 6.07 Å². The van der Waals surface area contributed by atoms with Gasteiger partial charge in [0.05, 0.1) is 53.7 Å². The summed E-state index contributed by atoms with van der Waals surface area (Å²) >= 11 is 0. The zero-order chi connectivity index (χ0) is 27.9. The number of fused-ring (bicyclic) bond motifs is 1. The Kier molecular flexibility index (Phi) is 6.36. The molecule has 0 spiro atoms. The van der Waals surface area contributed by atoms with Gasteiger partial charge in [-0.25, -0.2) is 19.3 Å². The zero-order valence-electron chi connectivity index (χ0n) is 21.2. The number of carbonyl (C=O) groups excluding carboxylic acids is 1. The van der Waals surface area contributed by atoms with Crippen LogP contribution in [0.5, 0.6) is 0 Å². The molecule has 5 aromatic rings. The molecule has 13 heteroatoms. The van der Waals surface area contributed by atoms with E-state index in [-0.39, 0.29) is 39.3 Å². The molecule has 0 saturated heterocycles. The van der Waals surface area contributed by atoms with Crippen LogP contribution in [0, 0.1) is 5.82 Å². The van der Waals surface area contributed by atoms with Gasteiger partial charge < -0.3 is 16.2 Å². The first kappa shape index (κ1) is 25.6. The molecule has 0 aliphatic rings. The van der Waals surface area contributed by atoms with Gasteiger partial charge in [-0.3, -0.25) is 14.7 Å². The third-order valence-electron chi connectivity index (χ3n) is 6.16. The number of aliphatic hydroxyl groups is 1. The van der Waals surface area contributed by atoms with E-state index >= 15 is 4.39 Å². The number of amides is 1. The largest absolute Gasteiger partial charge is 0.391 e. The van der Waals surface area contributed by atoms with Gasteiger partial charge in [0.15, 0.2) is 5.82 Å². The summed E-state index contributed by atoms with van der Waals surface area (Å²) in [5.41, 5.74) is 6.27. The van der Waals surface area contributed by atoms with Crippen LogP contribution >= 0.6 is 0 Å².